The highest BCUT2D eigenvalue weighted by Gasteiger charge is 2.49. The van der Waals surface area contributed by atoms with Crippen molar-refractivity contribution in [3.8, 4) is 5.75 Å². The second-order valence-electron chi connectivity index (χ2n) is 6.93. The summed E-state index contributed by atoms with van der Waals surface area (Å²) in [6.45, 7) is 0. The van der Waals surface area contributed by atoms with Gasteiger partial charge in [-0.25, -0.2) is 8.42 Å². The molecule has 0 bridgehead atoms. The molecule has 6 nitrogen and oxygen atoms in total. The van der Waals surface area contributed by atoms with Crippen molar-refractivity contribution in [2.24, 2.45) is 4.99 Å². The Bertz CT molecular complexity index is 1090. The Morgan fingerprint density at radius 2 is 2.03 bits per heavy atom. The summed E-state index contributed by atoms with van der Waals surface area (Å²) in [5.74, 6) is 0.442. The number of fused-ring (bicyclic) bond motifs is 1. The maximum Gasteiger partial charge on any atom is 0.252 e. The Hall–Kier alpha value is -2.03. The van der Waals surface area contributed by atoms with Crippen molar-refractivity contribution in [2.75, 3.05) is 23.5 Å². The SMILES string of the molecule is COc1ccccc1CC(=O)N=C1S[C@@H]2CS(=O)(=O)C[C@H]2N1c1cccc(Cl)c1. The molecule has 2 aliphatic rings. The van der Waals surface area contributed by atoms with Crippen molar-refractivity contribution in [2.45, 2.75) is 17.7 Å². The van der Waals surface area contributed by atoms with Crippen LogP contribution in [0.5, 0.6) is 5.75 Å². The summed E-state index contributed by atoms with van der Waals surface area (Å²) in [6, 6.07) is 14.2. The van der Waals surface area contributed by atoms with E-state index in [1.165, 1.54) is 11.8 Å². The molecule has 0 saturated carbocycles. The number of sulfone groups is 1. The molecule has 2 fully saturated rings. The van der Waals surface area contributed by atoms with Gasteiger partial charge in [-0.3, -0.25) is 4.79 Å². The molecular formula is C20H19ClN2O4S2. The van der Waals surface area contributed by atoms with Gasteiger partial charge >= 0.3 is 0 Å². The number of benzene rings is 2. The van der Waals surface area contributed by atoms with Gasteiger partial charge in [0.2, 0.25) is 0 Å². The van der Waals surface area contributed by atoms with Gasteiger partial charge in [-0.1, -0.05) is 47.6 Å². The van der Waals surface area contributed by atoms with Gasteiger partial charge in [-0.05, 0) is 24.3 Å². The normalized spacial score (nSPS) is 23.9. The van der Waals surface area contributed by atoms with E-state index in [2.05, 4.69) is 4.99 Å². The van der Waals surface area contributed by atoms with Crippen molar-refractivity contribution < 1.29 is 17.9 Å². The van der Waals surface area contributed by atoms with Crippen LogP contribution < -0.4 is 9.64 Å². The molecule has 4 rings (SSSR count). The van der Waals surface area contributed by atoms with Crippen LogP contribution in [0.4, 0.5) is 5.69 Å². The molecule has 0 aromatic heterocycles. The fourth-order valence-corrected chi connectivity index (χ4v) is 7.77. The van der Waals surface area contributed by atoms with Crippen molar-refractivity contribution in [3.63, 3.8) is 0 Å². The number of ether oxygens (including phenoxy) is 1. The van der Waals surface area contributed by atoms with Gasteiger partial charge in [0.25, 0.3) is 5.91 Å². The van der Waals surface area contributed by atoms with Crippen LogP contribution in [-0.4, -0.2) is 49.4 Å². The van der Waals surface area contributed by atoms with Crippen LogP contribution >= 0.6 is 23.4 Å². The molecule has 29 heavy (non-hydrogen) atoms. The zero-order chi connectivity index (χ0) is 20.6. The minimum Gasteiger partial charge on any atom is -0.496 e. The molecule has 0 aliphatic carbocycles. The fourth-order valence-electron chi connectivity index (χ4n) is 3.65. The first-order valence-corrected chi connectivity index (χ1v) is 12.1. The van der Waals surface area contributed by atoms with E-state index in [4.69, 9.17) is 16.3 Å². The van der Waals surface area contributed by atoms with E-state index < -0.39 is 9.84 Å². The molecule has 2 heterocycles. The number of carbonyl (C=O) groups excluding carboxylic acids is 1. The molecule has 2 saturated heterocycles. The minimum absolute atomic E-state index is 0.0386. The second-order valence-corrected chi connectivity index (χ2v) is 10.7. The van der Waals surface area contributed by atoms with E-state index in [1.54, 1.807) is 31.4 Å². The van der Waals surface area contributed by atoms with Gasteiger partial charge in [0.1, 0.15) is 5.75 Å². The number of halogens is 1. The van der Waals surface area contributed by atoms with Gasteiger partial charge in [0.15, 0.2) is 15.0 Å². The summed E-state index contributed by atoms with van der Waals surface area (Å²) in [4.78, 5) is 18.9. The Kier molecular flexibility index (Phi) is 5.59. The van der Waals surface area contributed by atoms with Crippen LogP contribution in [0.25, 0.3) is 0 Å². The number of hydrogen-bond donors (Lipinski definition) is 0. The van der Waals surface area contributed by atoms with Crippen LogP contribution in [-0.2, 0) is 21.1 Å². The Morgan fingerprint density at radius 1 is 1.24 bits per heavy atom. The third kappa shape index (κ3) is 4.29. The number of anilines is 1. The molecule has 2 atom stereocenters. The first-order valence-electron chi connectivity index (χ1n) is 9.01. The fraction of sp³-hybridized carbons (Fsp3) is 0.300. The van der Waals surface area contributed by atoms with Gasteiger partial charge in [0, 0.05) is 21.5 Å². The largest absolute Gasteiger partial charge is 0.496 e. The molecule has 2 aliphatic heterocycles. The number of methoxy groups -OCH3 is 1. The third-order valence-corrected chi connectivity index (χ3v) is 8.35. The zero-order valence-electron chi connectivity index (χ0n) is 15.6. The summed E-state index contributed by atoms with van der Waals surface area (Å²) < 4.78 is 29.6. The quantitative estimate of drug-likeness (QED) is 0.712. The van der Waals surface area contributed by atoms with Crippen LogP contribution in [0.2, 0.25) is 5.02 Å². The first-order chi connectivity index (χ1) is 13.9. The van der Waals surface area contributed by atoms with Gasteiger partial charge in [-0.2, -0.15) is 4.99 Å². The van der Waals surface area contributed by atoms with Crippen molar-refractivity contribution >= 4 is 50.0 Å². The van der Waals surface area contributed by atoms with Crippen molar-refractivity contribution in [1.82, 2.24) is 0 Å². The predicted octanol–water partition coefficient (Wildman–Crippen LogP) is 3.19. The van der Waals surface area contributed by atoms with Gasteiger partial charge in [0.05, 0.1) is 31.1 Å². The summed E-state index contributed by atoms with van der Waals surface area (Å²) in [5, 5.41) is 0.894. The molecule has 1 amide bonds. The zero-order valence-corrected chi connectivity index (χ0v) is 18.0. The third-order valence-electron chi connectivity index (χ3n) is 4.91. The van der Waals surface area contributed by atoms with E-state index in [-0.39, 0.29) is 35.1 Å². The molecule has 0 unspecified atom stereocenters. The number of amidine groups is 1. The summed E-state index contributed by atoms with van der Waals surface area (Å²) >= 11 is 7.49. The highest BCUT2D eigenvalue weighted by Crippen LogP contribution is 2.41. The highest BCUT2D eigenvalue weighted by atomic mass is 35.5. The first kappa shape index (κ1) is 20.3. The molecule has 9 heteroatoms. The topological polar surface area (TPSA) is 76.0 Å². The molecule has 2 aromatic carbocycles. The van der Waals surface area contributed by atoms with E-state index >= 15 is 0 Å². The average Bonchev–Trinajstić information content (AvgIpc) is 3.12. The van der Waals surface area contributed by atoms with Crippen LogP contribution in [0, 0.1) is 0 Å². The lowest BCUT2D eigenvalue weighted by atomic mass is 10.1. The van der Waals surface area contributed by atoms with Gasteiger partial charge < -0.3 is 9.64 Å². The molecule has 0 spiro atoms. The molecule has 0 radical (unpaired) electrons. The van der Waals surface area contributed by atoms with Crippen LogP contribution in [0.3, 0.4) is 0 Å². The summed E-state index contributed by atoms with van der Waals surface area (Å²) in [7, 11) is -1.56. The molecule has 0 N–H and O–H groups in total. The number of para-hydroxylation sites is 1. The number of amides is 1. The lowest BCUT2D eigenvalue weighted by molar-refractivity contribution is -0.117. The average molecular weight is 451 g/mol. The predicted molar refractivity (Wildman–Crippen MR) is 117 cm³/mol. The summed E-state index contributed by atoms with van der Waals surface area (Å²) in [6.07, 6.45) is 0.102. The number of hydrogen-bond acceptors (Lipinski definition) is 5. The monoisotopic (exact) mass is 450 g/mol. The Labute approximate surface area is 178 Å². The molecular weight excluding hydrogens is 432 g/mol. The van der Waals surface area contributed by atoms with E-state index in [0.717, 1.165) is 11.3 Å². The number of thioether (sulfide) groups is 1. The molecule has 152 valence electrons. The Balaban J connectivity index is 1.65. The lowest BCUT2D eigenvalue weighted by Crippen LogP contribution is -2.37. The number of nitrogens with zero attached hydrogens (tertiary/aromatic N) is 2. The van der Waals surface area contributed by atoms with Crippen molar-refractivity contribution in [1.29, 1.82) is 0 Å². The number of rotatable bonds is 4. The van der Waals surface area contributed by atoms with Crippen LogP contribution in [0.1, 0.15) is 5.56 Å². The summed E-state index contributed by atoms with van der Waals surface area (Å²) in [5.41, 5.74) is 1.49. The smallest absolute Gasteiger partial charge is 0.252 e. The van der Waals surface area contributed by atoms with Crippen molar-refractivity contribution in [3.05, 3.63) is 59.1 Å². The van der Waals surface area contributed by atoms with Crippen LogP contribution in [0.15, 0.2) is 53.5 Å². The second kappa shape index (κ2) is 8.01. The standard InChI is InChI=1S/C20H19ClN2O4S2/c1-27-17-8-3-2-5-13(17)9-19(24)22-20-23(15-7-4-6-14(21)10-15)16-11-29(25,26)12-18(16)28-20/h2-8,10,16,18H,9,11-12H2,1H3/t16-,18-/m1/s1. The van der Waals surface area contributed by atoms with E-state index in [1.807, 2.05) is 29.2 Å². The Morgan fingerprint density at radius 3 is 2.79 bits per heavy atom. The minimum atomic E-state index is -3.12. The highest BCUT2D eigenvalue weighted by molar-refractivity contribution is 8.16. The number of carbonyl (C=O) groups is 1. The maximum absolute atomic E-state index is 12.7. The van der Waals surface area contributed by atoms with Gasteiger partial charge in [-0.15, -0.1) is 0 Å². The van der Waals surface area contributed by atoms with E-state index in [9.17, 15) is 13.2 Å². The lowest BCUT2D eigenvalue weighted by Gasteiger charge is -2.24. The maximum atomic E-state index is 12.7. The molecule has 2 aromatic rings. The van der Waals surface area contributed by atoms with E-state index in [0.29, 0.717) is 15.9 Å². The number of aliphatic imine (C=N–C) groups is 1.